The minimum Gasteiger partial charge on any atom is -0.478 e. The molecule has 1 aromatic heterocycles. The summed E-state index contributed by atoms with van der Waals surface area (Å²) in [7, 11) is 0. The molecule has 0 spiro atoms. The van der Waals surface area contributed by atoms with Crippen LogP contribution in [0, 0.1) is 0 Å². The van der Waals surface area contributed by atoms with Gasteiger partial charge in [-0.05, 0) is 41.9 Å². The molecule has 0 saturated heterocycles. The van der Waals surface area contributed by atoms with Gasteiger partial charge < -0.3 is 10.4 Å². The third-order valence-electron chi connectivity index (χ3n) is 2.03. The maximum absolute atomic E-state index is 10.7. The lowest BCUT2D eigenvalue weighted by atomic mass is 10.2. The van der Waals surface area contributed by atoms with Crippen LogP contribution in [-0.2, 0) is 0 Å². The first-order valence-corrected chi connectivity index (χ1v) is 5.12. The molecule has 2 aromatic rings. The topological polar surface area (TPSA) is 75.1 Å². The van der Waals surface area contributed by atoms with E-state index in [0.29, 0.717) is 5.82 Å². The molecule has 0 fully saturated rings. The summed E-state index contributed by atoms with van der Waals surface area (Å²) in [5.74, 6) is -0.408. The maximum Gasteiger partial charge on any atom is 0.335 e. The Labute approximate surface area is 102 Å². The summed E-state index contributed by atoms with van der Waals surface area (Å²) < 4.78 is 0. The third kappa shape index (κ3) is 2.92. The van der Waals surface area contributed by atoms with Crippen LogP contribution in [0.4, 0.5) is 11.5 Å². The molecule has 0 aliphatic heterocycles. The summed E-state index contributed by atoms with van der Waals surface area (Å²) in [5, 5.41) is 11.9. The molecule has 1 heterocycles. The highest BCUT2D eigenvalue weighted by molar-refractivity contribution is 6.28. The Bertz CT molecular complexity index is 543. The van der Waals surface area contributed by atoms with Gasteiger partial charge in [-0.15, -0.1) is 0 Å². The first-order chi connectivity index (χ1) is 8.15. The van der Waals surface area contributed by atoms with Gasteiger partial charge in [0.15, 0.2) is 0 Å². The van der Waals surface area contributed by atoms with Gasteiger partial charge in [0.25, 0.3) is 0 Å². The van der Waals surface area contributed by atoms with E-state index in [-0.39, 0.29) is 10.8 Å². The predicted octanol–water partition coefficient (Wildman–Crippen LogP) is 2.57. The fourth-order valence-corrected chi connectivity index (χ4v) is 1.40. The number of rotatable bonds is 3. The van der Waals surface area contributed by atoms with Gasteiger partial charge in [-0.2, -0.15) is 0 Å². The average molecular weight is 250 g/mol. The summed E-state index contributed by atoms with van der Waals surface area (Å²) in [6.45, 7) is 0. The number of hydrogen-bond acceptors (Lipinski definition) is 4. The molecule has 6 heteroatoms. The summed E-state index contributed by atoms with van der Waals surface area (Å²) in [6.07, 6.45) is 1.53. The number of hydrogen-bond donors (Lipinski definition) is 2. The van der Waals surface area contributed by atoms with Crippen molar-refractivity contribution >= 4 is 29.1 Å². The highest BCUT2D eigenvalue weighted by Gasteiger charge is 2.02. The maximum atomic E-state index is 10.7. The largest absolute Gasteiger partial charge is 0.478 e. The van der Waals surface area contributed by atoms with Crippen LogP contribution in [-0.4, -0.2) is 21.0 Å². The molecule has 0 radical (unpaired) electrons. The molecule has 86 valence electrons. The number of nitrogens with one attached hydrogen (secondary N) is 1. The van der Waals surface area contributed by atoms with E-state index in [1.807, 2.05) is 0 Å². The molecule has 0 unspecified atom stereocenters. The van der Waals surface area contributed by atoms with Crippen molar-refractivity contribution in [3.8, 4) is 0 Å². The molecule has 0 aliphatic carbocycles. The smallest absolute Gasteiger partial charge is 0.335 e. The van der Waals surface area contributed by atoms with Gasteiger partial charge in [-0.1, -0.05) is 0 Å². The number of carboxylic acids is 1. The number of carbonyl (C=O) groups is 1. The number of aromatic carboxylic acids is 1. The van der Waals surface area contributed by atoms with Crippen molar-refractivity contribution in [1.82, 2.24) is 9.97 Å². The Morgan fingerprint density at radius 2 is 1.94 bits per heavy atom. The van der Waals surface area contributed by atoms with E-state index < -0.39 is 5.97 Å². The zero-order valence-corrected chi connectivity index (χ0v) is 9.35. The van der Waals surface area contributed by atoms with Gasteiger partial charge in [0.05, 0.1) is 5.56 Å². The van der Waals surface area contributed by atoms with E-state index in [0.717, 1.165) is 5.69 Å². The minimum absolute atomic E-state index is 0.150. The van der Waals surface area contributed by atoms with Gasteiger partial charge in [-0.3, -0.25) is 0 Å². The number of nitrogens with zero attached hydrogens (tertiary/aromatic N) is 2. The standard InChI is InChI=1S/C11H8ClN3O2/c12-11-13-6-5-9(15-11)14-8-3-1-7(2-4-8)10(16)17/h1-6H,(H,16,17)(H,13,14,15). The Kier molecular flexibility index (Phi) is 3.20. The van der Waals surface area contributed by atoms with Gasteiger partial charge >= 0.3 is 5.97 Å². The second-order valence-electron chi connectivity index (χ2n) is 3.22. The fraction of sp³-hybridized carbons (Fsp3) is 0. The summed E-state index contributed by atoms with van der Waals surface area (Å²) in [6, 6.07) is 7.98. The highest BCUT2D eigenvalue weighted by atomic mass is 35.5. The van der Waals surface area contributed by atoms with E-state index >= 15 is 0 Å². The van der Waals surface area contributed by atoms with Crippen molar-refractivity contribution in [3.05, 3.63) is 47.4 Å². The highest BCUT2D eigenvalue weighted by Crippen LogP contribution is 2.15. The van der Waals surface area contributed by atoms with E-state index in [2.05, 4.69) is 15.3 Å². The Balaban J connectivity index is 2.16. The number of aromatic nitrogens is 2. The van der Waals surface area contributed by atoms with Crippen LogP contribution in [0.5, 0.6) is 0 Å². The molecule has 5 nitrogen and oxygen atoms in total. The predicted molar refractivity (Wildman–Crippen MR) is 63.7 cm³/mol. The molecule has 0 saturated carbocycles. The number of carboxylic acid groups (broad SMARTS) is 1. The lowest BCUT2D eigenvalue weighted by Crippen LogP contribution is -1.97. The fourth-order valence-electron chi connectivity index (χ4n) is 1.25. The molecule has 2 N–H and O–H groups in total. The van der Waals surface area contributed by atoms with Gasteiger partial charge in [0.1, 0.15) is 5.82 Å². The molecule has 1 aromatic carbocycles. The summed E-state index contributed by atoms with van der Waals surface area (Å²) in [4.78, 5) is 18.4. The van der Waals surface area contributed by atoms with Crippen molar-refractivity contribution in [2.75, 3.05) is 5.32 Å². The molecule has 2 rings (SSSR count). The number of anilines is 2. The SMILES string of the molecule is O=C(O)c1ccc(Nc2ccnc(Cl)n2)cc1. The molecule has 0 atom stereocenters. The monoisotopic (exact) mass is 249 g/mol. The van der Waals surface area contributed by atoms with Gasteiger partial charge in [0, 0.05) is 11.9 Å². The van der Waals surface area contributed by atoms with Crippen LogP contribution in [0.25, 0.3) is 0 Å². The van der Waals surface area contributed by atoms with E-state index in [1.165, 1.54) is 18.3 Å². The zero-order chi connectivity index (χ0) is 12.3. The zero-order valence-electron chi connectivity index (χ0n) is 8.59. The van der Waals surface area contributed by atoms with Crippen LogP contribution < -0.4 is 5.32 Å². The molecular formula is C11H8ClN3O2. The number of halogens is 1. The van der Waals surface area contributed by atoms with Crippen LogP contribution in [0.1, 0.15) is 10.4 Å². The normalized spacial score (nSPS) is 9.94. The summed E-state index contributed by atoms with van der Waals surface area (Å²) in [5.41, 5.74) is 0.959. The second-order valence-corrected chi connectivity index (χ2v) is 3.56. The quantitative estimate of drug-likeness (QED) is 0.818. The van der Waals surface area contributed by atoms with Gasteiger partial charge in [-0.25, -0.2) is 14.8 Å². The van der Waals surface area contributed by atoms with Crippen molar-refractivity contribution in [2.24, 2.45) is 0 Å². The lowest BCUT2D eigenvalue weighted by molar-refractivity contribution is 0.0697. The minimum atomic E-state index is -0.957. The molecule has 0 aliphatic rings. The Morgan fingerprint density at radius 1 is 1.24 bits per heavy atom. The number of benzene rings is 1. The first kappa shape index (κ1) is 11.3. The molecule has 0 amide bonds. The molecule has 0 bridgehead atoms. The Morgan fingerprint density at radius 3 is 2.53 bits per heavy atom. The van der Waals surface area contributed by atoms with Crippen molar-refractivity contribution in [2.45, 2.75) is 0 Å². The lowest BCUT2D eigenvalue weighted by Gasteiger charge is -2.05. The van der Waals surface area contributed by atoms with Crippen molar-refractivity contribution in [1.29, 1.82) is 0 Å². The molecule has 17 heavy (non-hydrogen) atoms. The van der Waals surface area contributed by atoms with E-state index in [9.17, 15) is 4.79 Å². The van der Waals surface area contributed by atoms with Crippen molar-refractivity contribution < 1.29 is 9.90 Å². The average Bonchev–Trinajstić information content (AvgIpc) is 2.29. The third-order valence-corrected chi connectivity index (χ3v) is 2.21. The van der Waals surface area contributed by atoms with Crippen molar-refractivity contribution in [3.63, 3.8) is 0 Å². The Hall–Kier alpha value is -2.14. The second kappa shape index (κ2) is 4.80. The van der Waals surface area contributed by atoms with Crippen LogP contribution in [0.3, 0.4) is 0 Å². The van der Waals surface area contributed by atoms with E-state index in [4.69, 9.17) is 16.7 Å². The van der Waals surface area contributed by atoms with Crippen LogP contribution >= 0.6 is 11.6 Å². The van der Waals surface area contributed by atoms with Crippen LogP contribution in [0.2, 0.25) is 5.28 Å². The summed E-state index contributed by atoms with van der Waals surface area (Å²) >= 11 is 5.64. The van der Waals surface area contributed by atoms with E-state index in [1.54, 1.807) is 18.2 Å². The van der Waals surface area contributed by atoms with Gasteiger partial charge in [0.2, 0.25) is 5.28 Å². The first-order valence-electron chi connectivity index (χ1n) is 4.74. The molecular weight excluding hydrogens is 242 g/mol. The van der Waals surface area contributed by atoms with Crippen LogP contribution in [0.15, 0.2) is 36.5 Å².